The van der Waals surface area contributed by atoms with E-state index in [1.54, 1.807) is 13.8 Å². The van der Waals surface area contributed by atoms with E-state index in [1.807, 2.05) is 0 Å². The van der Waals surface area contributed by atoms with Crippen LogP contribution in [0, 0.1) is 0 Å². The van der Waals surface area contributed by atoms with Gasteiger partial charge in [-0.15, -0.1) is 0 Å². The summed E-state index contributed by atoms with van der Waals surface area (Å²) in [4.78, 5) is 34.0. The van der Waals surface area contributed by atoms with E-state index in [0.717, 1.165) is 0 Å². The van der Waals surface area contributed by atoms with Crippen LogP contribution in [0.15, 0.2) is 0 Å². The van der Waals surface area contributed by atoms with Crippen LogP contribution in [-0.4, -0.2) is 61.0 Å². The molecular formula is C15H22O9. The lowest BCUT2D eigenvalue weighted by Crippen LogP contribution is -2.49. The molecule has 0 aromatic rings. The maximum absolute atomic E-state index is 11.5. The van der Waals surface area contributed by atoms with E-state index in [4.69, 9.17) is 28.4 Å². The average Bonchev–Trinajstić information content (AvgIpc) is 2.87. The van der Waals surface area contributed by atoms with Gasteiger partial charge in [-0.3, -0.25) is 14.4 Å². The number of carbonyl (C=O) groups is 3. The Labute approximate surface area is 139 Å². The minimum Gasteiger partial charge on any atom is -0.463 e. The Morgan fingerprint density at radius 2 is 1.67 bits per heavy atom. The Kier molecular flexibility index (Phi) is 5.17. The van der Waals surface area contributed by atoms with Gasteiger partial charge in [-0.05, 0) is 13.8 Å². The summed E-state index contributed by atoms with van der Waals surface area (Å²) in [5.41, 5.74) is 0. The zero-order valence-corrected chi connectivity index (χ0v) is 14.3. The first kappa shape index (κ1) is 18.6. The molecule has 0 aliphatic carbocycles. The van der Waals surface area contributed by atoms with Crippen LogP contribution in [-0.2, 0) is 42.8 Å². The predicted molar refractivity (Wildman–Crippen MR) is 76.5 cm³/mol. The maximum atomic E-state index is 11.5. The largest absolute Gasteiger partial charge is 0.463 e. The van der Waals surface area contributed by atoms with Crippen LogP contribution in [0.5, 0.6) is 0 Å². The number of esters is 3. The molecule has 0 N–H and O–H groups in total. The van der Waals surface area contributed by atoms with Crippen LogP contribution in [0.4, 0.5) is 0 Å². The molecule has 2 aliphatic rings. The summed E-state index contributed by atoms with van der Waals surface area (Å²) in [5.74, 6) is -4.13. The van der Waals surface area contributed by atoms with Crippen LogP contribution >= 0.6 is 0 Å². The average molecular weight is 346 g/mol. The molecule has 0 saturated carbocycles. The summed E-state index contributed by atoms with van der Waals surface area (Å²) in [5, 5.41) is 0. The minimum absolute atomic E-state index is 0.0354. The number of ether oxygens (including phenoxy) is 6. The van der Waals surface area contributed by atoms with Crippen molar-refractivity contribution < 1.29 is 42.8 Å². The zero-order chi connectivity index (χ0) is 18.1. The van der Waals surface area contributed by atoms with E-state index < -0.39 is 47.8 Å². The first-order valence-corrected chi connectivity index (χ1v) is 7.54. The molecule has 0 aromatic heterocycles. The second kappa shape index (κ2) is 6.66. The molecule has 136 valence electrons. The van der Waals surface area contributed by atoms with Crippen molar-refractivity contribution in [3.63, 3.8) is 0 Å². The number of hydrogen-bond donors (Lipinski definition) is 0. The van der Waals surface area contributed by atoms with Gasteiger partial charge in [0.05, 0.1) is 0 Å². The number of rotatable bonds is 4. The van der Waals surface area contributed by atoms with Gasteiger partial charge in [0.15, 0.2) is 18.0 Å². The molecule has 0 bridgehead atoms. The monoisotopic (exact) mass is 346 g/mol. The summed E-state index contributed by atoms with van der Waals surface area (Å²) < 4.78 is 32.7. The summed E-state index contributed by atoms with van der Waals surface area (Å²) >= 11 is 0. The summed E-state index contributed by atoms with van der Waals surface area (Å²) in [6.45, 7) is 6.82. The molecule has 24 heavy (non-hydrogen) atoms. The van der Waals surface area contributed by atoms with Crippen LogP contribution in [0.25, 0.3) is 0 Å². The van der Waals surface area contributed by atoms with Gasteiger partial charge in [-0.25, -0.2) is 0 Å². The third kappa shape index (κ3) is 4.03. The highest BCUT2D eigenvalue weighted by molar-refractivity contribution is 5.68. The fourth-order valence-corrected chi connectivity index (χ4v) is 2.78. The highest BCUT2D eigenvalue weighted by Gasteiger charge is 2.65. The topological polar surface area (TPSA) is 107 Å². The molecule has 9 heteroatoms. The Hall–Kier alpha value is -1.71. The van der Waals surface area contributed by atoms with Crippen LogP contribution < -0.4 is 0 Å². The second-order valence-corrected chi connectivity index (χ2v) is 6.17. The van der Waals surface area contributed by atoms with Gasteiger partial charge in [0.2, 0.25) is 5.79 Å². The molecule has 0 aromatic carbocycles. The van der Waals surface area contributed by atoms with E-state index >= 15 is 0 Å². The summed E-state index contributed by atoms with van der Waals surface area (Å²) in [7, 11) is 0. The fourth-order valence-electron chi connectivity index (χ4n) is 2.78. The standard InChI is InChI=1S/C15H22O9/c1-8(16)19-6-11-12(21-9(2)17)13(22-10(3)18)15(23-11)7-20-14(4,5)24-15/h11-13H,6-7H2,1-5H3/t11-,12+,13-,15-/m0/s1. The van der Waals surface area contributed by atoms with Crippen molar-refractivity contribution in [2.75, 3.05) is 13.2 Å². The van der Waals surface area contributed by atoms with E-state index in [2.05, 4.69) is 0 Å². The fraction of sp³-hybridized carbons (Fsp3) is 0.800. The molecule has 2 aliphatic heterocycles. The molecular weight excluding hydrogens is 324 g/mol. The zero-order valence-electron chi connectivity index (χ0n) is 14.3. The van der Waals surface area contributed by atoms with Crippen LogP contribution in [0.1, 0.15) is 34.6 Å². The third-order valence-electron chi connectivity index (χ3n) is 3.53. The van der Waals surface area contributed by atoms with Crippen molar-refractivity contribution in [1.29, 1.82) is 0 Å². The van der Waals surface area contributed by atoms with Crippen LogP contribution in [0.2, 0.25) is 0 Å². The van der Waals surface area contributed by atoms with Gasteiger partial charge >= 0.3 is 17.9 Å². The Morgan fingerprint density at radius 1 is 1.04 bits per heavy atom. The molecule has 2 rings (SSSR count). The van der Waals surface area contributed by atoms with E-state index in [9.17, 15) is 14.4 Å². The normalized spacial score (nSPS) is 34.1. The molecule has 4 atom stereocenters. The number of hydrogen-bond acceptors (Lipinski definition) is 9. The van der Waals surface area contributed by atoms with Gasteiger partial charge < -0.3 is 28.4 Å². The summed E-state index contributed by atoms with van der Waals surface area (Å²) in [6, 6.07) is 0. The van der Waals surface area contributed by atoms with Crippen molar-refractivity contribution in [1.82, 2.24) is 0 Å². The van der Waals surface area contributed by atoms with Crippen molar-refractivity contribution in [2.45, 2.75) is 64.5 Å². The minimum atomic E-state index is -1.44. The van der Waals surface area contributed by atoms with Gasteiger partial charge in [-0.2, -0.15) is 0 Å². The van der Waals surface area contributed by atoms with Gasteiger partial charge in [0.25, 0.3) is 0 Å². The highest BCUT2D eigenvalue weighted by atomic mass is 16.9. The molecule has 0 unspecified atom stereocenters. The van der Waals surface area contributed by atoms with E-state index in [-0.39, 0.29) is 13.2 Å². The van der Waals surface area contributed by atoms with Crippen molar-refractivity contribution in [2.24, 2.45) is 0 Å². The van der Waals surface area contributed by atoms with Crippen molar-refractivity contribution in [3.8, 4) is 0 Å². The molecule has 2 heterocycles. The Bertz CT molecular complexity index is 529. The molecule has 2 fully saturated rings. The molecule has 0 radical (unpaired) electrons. The van der Waals surface area contributed by atoms with Gasteiger partial charge in [0, 0.05) is 20.8 Å². The number of carbonyl (C=O) groups excluding carboxylic acids is 3. The first-order chi connectivity index (χ1) is 11.0. The predicted octanol–water partition coefficient (Wildman–Crippen LogP) is 0.291. The van der Waals surface area contributed by atoms with Crippen molar-refractivity contribution >= 4 is 17.9 Å². The maximum Gasteiger partial charge on any atom is 0.303 e. The smallest absolute Gasteiger partial charge is 0.303 e. The highest BCUT2D eigenvalue weighted by Crippen LogP contribution is 2.44. The lowest BCUT2D eigenvalue weighted by atomic mass is 10.1. The first-order valence-electron chi connectivity index (χ1n) is 7.54. The third-order valence-corrected chi connectivity index (χ3v) is 3.53. The SMILES string of the molecule is CC(=O)OC[C@@H]1O[C@]2(COC(C)(C)O2)[C@@H](OC(C)=O)[C@@H]1OC(C)=O. The Morgan fingerprint density at radius 3 is 2.12 bits per heavy atom. The molecule has 2 saturated heterocycles. The van der Waals surface area contributed by atoms with E-state index in [1.165, 1.54) is 20.8 Å². The quantitative estimate of drug-likeness (QED) is 0.524. The van der Waals surface area contributed by atoms with Gasteiger partial charge in [0.1, 0.15) is 19.3 Å². The van der Waals surface area contributed by atoms with Gasteiger partial charge in [-0.1, -0.05) is 0 Å². The Balaban J connectivity index is 2.30. The van der Waals surface area contributed by atoms with E-state index in [0.29, 0.717) is 0 Å². The molecule has 0 amide bonds. The molecule has 1 spiro atoms. The van der Waals surface area contributed by atoms with Crippen LogP contribution in [0.3, 0.4) is 0 Å². The second-order valence-electron chi connectivity index (χ2n) is 6.17. The molecule has 9 nitrogen and oxygen atoms in total. The van der Waals surface area contributed by atoms with Crippen molar-refractivity contribution in [3.05, 3.63) is 0 Å². The lowest BCUT2D eigenvalue weighted by molar-refractivity contribution is -0.273. The summed E-state index contributed by atoms with van der Waals surface area (Å²) in [6.07, 6.45) is -2.91. The lowest BCUT2D eigenvalue weighted by Gasteiger charge is -2.30.